The predicted octanol–water partition coefficient (Wildman–Crippen LogP) is 3.64. The average Bonchev–Trinajstić information content (AvgIpc) is 2.65. The van der Waals surface area contributed by atoms with Crippen LogP contribution < -0.4 is 5.32 Å². The van der Waals surface area contributed by atoms with Crippen LogP contribution in [0, 0.1) is 17.5 Å². The van der Waals surface area contributed by atoms with Gasteiger partial charge in [0.1, 0.15) is 0 Å². The second kappa shape index (κ2) is 6.68. The molecule has 2 N–H and O–H groups in total. The van der Waals surface area contributed by atoms with Crippen LogP contribution in [0.15, 0.2) is 6.07 Å². The lowest BCUT2D eigenvalue weighted by molar-refractivity contribution is 0.0929. The minimum atomic E-state index is -1.70. The van der Waals surface area contributed by atoms with Crippen molar-refractivity contribution in [3.63, 3.8) is 0 Å². The molecule has 2 unspecified atom stereocenters. The van der Waals surface area contributed by atoms with Gasteiger partial charge in [-0.3, -0.25) is 4.79 Å². The van der Waals surface area contributed by atoms with Crippen LogP contribution >= 0.6 is 15.9 Å². The third-order valence-corrected chi connectivity index (χ3v) is 4.72. The molecule has 1 aromatic rings. The first-order chi connectivity index (χ1) is 9.91. The summed E-state index contributed by atoms with van der Waals surface area (Å²) in [6, 6.07) is 0.245. The van der Waals surface area contributed by atoms with Crippen LogP contribution in [-0.2, 0) is 0 Å². The second-order valence-electron chi connectivity index (χ2n) is 5.12. The molecule has 0 radical (unpaired) electrons. The van der Waals surface area contributed by atoms with Gasteiger partial charge in [-0.2, -0.15) is 4.39 Å². The van der Waals surface area contributed by atoms with E-state index >= 15 is 0 Å². The Kier molecular flexibility index (Phi) is 5.13. The van der Waals surface area contributed by atoms with Crippen LogP contribution in [0.1, 0.15) is 42.5 Å². The smallest absolute Gasteiger partial charge is 0.254 e. The highest BCUT2D eigenvalue weighted by Gasteiger charge is 2.27. The fourth-order valence-corrected chi connectivity index (χ4v) is 3.15. The molecule has 3 nitrogen and oxygen atoms in total. The zero-order valence-corrected chi connectivity index (χ0v) is 12.7. The van der Waals surface area contributed by atoms with Gasteiger partial charge in [0.15, 0.2) is 17.4 Å². The molecule has 0 saturated heterocycles. The number of rotatable bonds is 2. The normalized spacial score (nSPS) is 22.7. The minimum Gasteiger partial charge on any atom is -0.503 e. The van der Waals surface area contributed by atoms with E-state index in [2.05, 4.69) is 21.2 Å². The Hall–Kier alpha value is -1.24. The summed E-state index contributed by atoms with van der Waals surface area (Å²) >= 11 is 3.47. The number of alkyl halides is 1. The molecule has 0 aromatic heterocycles. The number of hydrogen-bond acceptors (Lipinski definition) is 2. The van der Waals surface area contributed by atoms with Crippen LogP contribution in [0.3, 0.4) is 0 Å². The Bertz CT molecular complexity index is 554. The summed E-state index contributed by atoms with van der Waals surface area (Å²) in [6.45, 7) is 0. The number of halogens is 4. The van der Waals surface area contributed by atoms with Gasteiger partial charge in [-0.1, -0.05) is 35.2 Å². The zero-order valence-electron chi connectivity index (χ0n) is 11.1. The van der Waals surface area contributed by atoms with Crippen molar-refractivity contribution in [3.8, 4) is 5.75 Å². The Morgan fingerprint density at radius 3 is 2.57 bits per heavy atom. The van der Waals surface area contributed by atoms with Gasteiger partial charge in [0.2, 0.25) is 5.82 Å². The van der Waals surface area contributed by atoms with E-state index in [0.717, 1.165) is 32.1 Å². The van der Waals surface area contributed by atoms with Crippen LogP contribution in [0.5, 0.6) is 5.75 Å². The lowest BCUT2D eigenvalue weighted by Crippen LogP contribution is -2.40. The predicted molar refractivity (Wildman–Crippen MR) is 75.0 cm³/mol. The highest BCUT2D eigenvalue weighted by atomic mass is 79.9. The molecule has 1 amide bonds. The Labute approximate surface area is 128 Å². The van der Waals surface area contributed by atoms with E-state index in [1.165, 1.54) is 0 Å². The Morgan fingerprint density at radius 2 is 1.86 bits per heavy atom. The maximum absolute atomic E-state index is 13.7. The average molecular weight is 366 g/mol. The van der Waals surface area contributed by atoms with E-state index in [-0.39, 0.29) is 10.9 Å². The number of amides is 1. The first kappa shape index (κ1) is 16.1. The lowest BCUT2D eigenvalue weighted by Gasteiger charge is -2.21. The molecule has 2 atom stereocenters. The first-order valence-electron chi connectivity index (χ1n) is 6.73. The van der Waals surface area contributed by atoms with Crippen LogP contribution in [0.25, 0.3) is 0 Å². The van der Waals surface area contributed by atoms with Crippen molar-refractivity contribution in [2.75, 3.05) is 0 Å². The van der Waals surface area contributed by atoms with Crippen molar-refractivity contribution in [2.24, 2.45) is 0 Å². The quantitative estimate of drug-likeness (QED) is 0.477. The second-order valence-corrected chi connectivity index (χ2v) is 6.29. The molecule has 0 aliphatic heterocycles. The summed E-state index contributed by atoms with van der Waals surface area (Å²) in [5.41, 5.74) is -0.699. The zero-order chi connectivity index (χ0) is 15.6. The molecule has 2 rings (SSSR count). The minimum absolute atomic E-state index is 0.0471. The molecule has 1 saturated carbocycles. The third-order valence-electron chi connectivity index (χ3n) is 3.63. The largest absolute Gasteiger partial charge is 0.503 e. The molecule has 0 bridgehead atoms. The van der Waals surface area contributed by atoms with Gasteiger partial charge in [-0.15, -0.1) is 0 Å². The fraction of sp³-hybridized carbons (Fsp3) is 0.500. The highest BCUT2D eigenvalue weighted by molar-refractivity contribution is 9.09. The Balaban J connectivity index is 2.20. The molecule has 21 heavy (non-hydrogen) atoms. The van der Waals surface area contributed by atoms with Gasteiger partial charge in [-0.05, 0) is 18.9 Å². The van der Waals surface area contributed by atoms with Crippen molar-refractivity contribution in [2.45, 2.75) is 43.0 Å². The standard InChI is InChI=1S/C14H15BrF3NO2/c15-8-4-2-1-3-5-10(8)19-14(21)7-6-9(16)12(18)13(20)11(7)17/h6,8,10,20H,1-5H2,(H,19,21). The van der Waals surface area contributed by atoms with Gasteiger partial charge >= 0.3 is 0 Å². The number of hydrogen-bond donors (Lipinski definition) is 2. The van der Waals surface area contributed by atoms with Crippen molar-refractivity contribution in [1.82, 2.24) is 5.32 Å². The molecule has 1 aliphatic rings. The number of benzene rings is 1. The summed E-state index contributed by atoms with van der Waals surface area (Å²) in [4.78, 5) is 12.1. The molecule has 7 heteroatoms. The molecule has 0 spiro atoms. The fourth-order valence-electron chi connectivity index (χ4n) is 2.43. The molecule has 0 heterocycles. The van der Waals surface area contributed by atoms with Crippen molar-refractivity contribution >= 4 is 21.8 Å². The lowest BCUT2D eigenvalue weighted by atomic mass is 10.1. The van der Waals surface area contributed by atoms with Gasteiger partial charge in [0, 0.05) is 10.9 Å². The summed E-state index contributed by atoms with van der Waals surface area (Å²) in [5, 5.41) is 11.8. The van der Waals surface area contributed by atoms with Crippen LogP contribution in [0.4, 0.5) is 13.2 Å². The van der Waals surface area contributed by atoms with Crippen LogP contribution in [-0.4, -0.2) is 21.9 Å². The number of phenols is 1. The molecular weight excluding hydrogens is 351 g/mol. The number of aromatic hydroxyl groups is 1. The van der Waals surface area contributed by atoms with E-state index in [0.29, 0.717) is 6.07 Å². The molecule has 1 aromatic carbocycles. The number of carbonyl (C=O) groups is 1. The molecule has 1 fully saturated rings. The maximum Gasteiger partial charge on any atom is 0.254 e. The van der Waals surface area contributed by atoms with E-state index in [1.54, 1.807) is 0 Å². The highest BCUT2D eigenvalue weighted by Crippen LogP contribution is 2.27. The number of nitrogens with one attached hydrogen (secondary N) is 1. The third kappa shape index (κ3) is 3.51. The van der Waals surface area contributed by atoms with Gasteiger partial charge in [0.05, 0.1) is 5.56 Å². The van der Waals surface area contributed by atoms with Crippen molar-refractivity contribution < 1.29 is 23.1 Å². The van der Waals surface area contributed by atoms with Crippen LogP contribution in [0.2, 0.25) is 0 Å². The monoisotopic (exact) mass is 365 g/mol. The van der Waals surface area contributed by atoms with E-state index < -0.39 is 34.7 Å². The maximum atomic E-state index is 13.7. The summed E-state index contributed by atoms with van der Waals surface area (Å²) in [7, 11) is 0. The van der Waals surface area contributed by atoms with E-state index in [4.69, 9.17) is 5.11 Å². The van der Waals surface area contributed by atoms with E-state index in [9.17, 15) is 18.0 Å². The summed E-state index contributed by atoms with van der Waals surface area (Å²) < 4.78 is 39.9. The first-order valence-corrected chi connectivity index (χ1v) is 7.64. The molecule has 1 aliphatic carbocycles. The Morgan fingerprint density at radius 1 is 1.19 bits per heavy atom. The molecule has 116 valence electrons. The van der Waals surface area contributed by atoms with Gasteiger partial charge in [-0.25, -0.2) is 8.78 Å². The SMILES string of the molecule is O=C(NC1CCCCCC1Br)c1cc(F)c(F)c(O)c1F. The van der Waals surface area contributed by atoms with E-state index in [1.807, 2.05) is 0 Å². The van der Waals surface area contributed by atoms with Crippen molar-refractivity contribution in [3.05, 3.63) is 29.1 Å². The van der Waals surface area contributed by atoms with Gasteiger partial charge < -0.3 is 10.4 Å². The number of carbonyl (C=O) groups excluding carboxylic acids is 1. The summed E-state index contributed by atoms with van der Waals surface area (Å²) in [6.07, 6.45) is 4.60. The summed E-state index contributed by atoms with van der Waals surface area (Å²) in [5.74, 6) is -6.95. The van der Waals surface area contributed by atoms with Crippen molar-refractivity contribution in [1.29, 1.82) is 0 Å². The topological polar surface area (TPSA) is 49.3 Å². The van der Waals surface area contributed by atoms with Gasteiger partial charge in [0.25, 0.3) is 5.91 Å². The number of phenolic OH excluding ortho intramolecular Hbond substituents is 1. The molecular formula is C14H15BrF3NO2.